The van der Waals surface area contributed by atoms with Crippen molar-refractivity contribution in [2.45, 2.75) is 25.5 Å². The first-order chi connectivity index (χ1) is 14.0. The highest BCUT2D eigenvalue weighted by atomic mass is 35.5. The summed E-state index contributed by atoms with van der Waals surface area (Å²) in [6.45, 7) is 4.51. The fourth-order valence-electron chi connectivity index (χ4n) is 2.62. The van der Waals surface area contributed by atoms with Crippen LogP contribution in [0.2, 0.25) is 5.02 Å². The Bertz CT molecular complexity index is 1020. The van der Waals surface area contributed by atoms with Crippen LogP contribution in [0.4, 0.5) is 0 Å². The van der Waals surface area contributed by atoms with E-state index < -0.39 is 0 Å². The molecule has 9 heteroatoms. The summed E-state index contributed by atoms with van der Waals surface area (Å²) in [6.07, 6.45) is 0. The van der Waals surface area contributed by atoms with Crippen LogP contribution in [-0.4, -0.2) is 32.7 Å². The number of thioether (sulfide) groups is 1. The van der Waals surface area contributed by atoms with Gasteiger partial charge in [0.2, 0.25) is 0 Å². The molecule has 0 aliphatic rings. The van der Waals surface area contributed by atoms with E-state index in [1.165, 1.54) is 11.8 Å². The standard InChI is InChI=1S/C20H20ClN5O2S/c1-3-26-19(15-4-8-16(21)9-5-15)24-25-20(26)29-12-18(28)23-22-13(2)14-6-10-17(27)11-7-14/h4-11H,3,12H2,1-2H3,(H2,22,23,27,28)/p+1. The third-order valence-electron chi connectivity index (χ3n) is 4.16. The average Bonchev–Trinajstić information content (AvgIpc) is 3.14. The quantitative estimate of drug-likeness (QED) is 0.232. The number of aromatic amines is 1. The van der Waals surface area contributed by atoms with Gasteiger partial charge in [-0.15, -0.1) is 5.10 Å². The fourth-order valence-corrected chi connectivity index (χ4v) is 3.56. The normalized spacial score (nSPS) is 11.5. The summed E-state index contributed by atoms with van der Waals surface area (Å²) in [5.41, 5.74) is 4.99. The smallest absolute Gasteiger partial charge is 0.337 e. The molecule has 0 saturated carbocycles. The number of nitrogens with zero attached hydrogens (tertiary/aromatic N) is 3. The Morgan fingerprint density at radius 2 is 1.93 bits per heavy atom. The number of halogens is 1. The number of benzene rings is 2. The molecule has 3 aromatic rings. The zero-order valence-electron chi connectivity index (χ0n) is 16.0. The largest absolute Gasteiger partial charge is 0.508 e. The van der Waals surface area contributed by atoms with Crippen molar-refractivity contribution in [1.29, 1.82) is 0 Å². The van der Waals surface area contributed by atoms with Crippen LogP contribution in [0, 0.1) is 0 Å². The number of carbonyl (C=O) groups excluding carboxylic acids is 1. The molecule has 3 N–H and O–H groups in total. The van der Waals surface area contributed by atoms with Crippen LogP contribution in [0.15, 0.2) is 58.8 Å². The van der Waals surface area contributed by atoms with E-state index in [1.807, 2.05) is 35.8 Å². The first-order valence-electron chi connectivity index (χ1n) is 8.97. The van der Waals surface area contributed by atoms with Crippen molar-refractivity contribution in [1.82, 2.24) is 15.6 Å². The first kappa shape index (κ1) is 20.9. The van der Waals surface area contributed by atoms with Gasteiger partial charge in [0.25, 0.3) is 11.7 Å². The molecule has 29 heavy (non-hydrogen) atoms. The number of nitrogens with one attached hydrogen (secondary N) is 2. The molecule has 0 saturated heterocycles. The van der Waals surface area contributed by atoms with Gasteiger partial charge >= 0.3 is 5.16 Å². The maximum absolute atomic E-state index is 12.2. The van der Waals surface area contributed by atoms with E-state index >= 15 is 0 Å². The molecular formula is C20H21ClN5O2S+. The van der Waals surface area contributed by atoms with Crippen molar-refractivity contribution >= 4 is 35.0 Å². The van der Waals surface area contributed by atoms with Crippen molar-refractivity contribution < 1.29 is 14.5 Å². The summed E-state index contributed by atoms with van der Waals surface area (Å²) in [5.74, 6) is 0.986. The van der Waals surface area contributed by atoms with Crippen LogP contribution in [0.5, 0.6) is 5.75 Å². The van der Waals surface area contributed by atoms with Crippen LogP contribution < -0.4 is 9.99 Å². The lowest BCUT2D eigenvalue weighted by Gasteiger charge is -2.03. The molecule has 1 aromatic heterocycles. The maximum Gasteiger partial charge on any atom is 0.337 e. The number of H-pyrrole nitrogens is 1. The number of amides is 1. The van der Waals surface area contributed by atoms with E-state index in [-0.39, 0.29) is 17.4 Å². The minimum Gasteiger partial charge on any atom is -0.508 e. The molecule has 150 valence electrons. The van der Waals surface area contributed by atoms with Crippen LogP contribution in [0.25, 0.3) is 11.4 Å². The summed E-state index contributed by atoms with van der Waals surface area (Å²) >= 11 is 7.29. The lowest BCUT2D eigenvalue weighted by Crippen LogP contribution is -2.36. The van der Waals surface area contributed by atoms with Crippen molar-refractivity contribution in [2.24, 2.45) is 5.10 Å². The molecule has 1 heterocycles. The second kappa shape index (κ2) is 9.58. The number of aromatic nitrogens is 3. The van der Waals surface area contributed by atoms with E-state index in [9.17, 15) is 9.90 Å². The van der Waals surface area contributed by atoms with E-state index in [2.05, 4.69) is 20.7 Å². The molecule has 0 aliphatic carbocycles. The summed E-state index contributed by atoms with van der Waals surface area (Å²) < 4.78 is 2.01. The van der Waals surface area contributed by atoms with E-state index in [4.69, 9.17) is 11.6 Å². The third kappa shape index (κ3) is 5.36. The second-order valence-electron chi connectivity index (χ2n) is 6.17. The monoisotopic (exact) mass is 430 g/mol. The third-order valence-corrected chi connectivity index (χ3v) is 5.39. The van der Waals surface area contributed by atoms with Gasteiger partial charge in [0.15, 0.2) is 0 Å². The highest BCUT2D eigenvalue weighted by molar-refractivity contribution is 7.99. The Morgan fingerprint density at radius 1 is 1.24 bits per heavy atom. The van der Waals surface area contributed by atoms with Gasteiger partial charge in [-0.3, -0.25) is 4.79 Å². The topological polar surface area (TPSA) is 94.2 Å². The minimum atomic E-state index is -0.230. The Hall–Kier alpha value is -2.84. The SMILES string of the molecule is CC[n+]1c(SCC(=O)NN=C(C)c2ccc(O)cc2)n[nH]c1-c1ccc(Cl)cc1. The minimum absolute atomic E-state index is 0.178. The summed E-state index contributed by atoms with van der Waals surface area (Å²) in [4.78, 5) is 12.2. The second-order valence-corrected chi connectivity index (χ2v) is 7.55. The van der Waals surface area contributed by atoms with Crippen LogP contribution in [0.3, 0.4) is 0 Å². The molecule has 0 unspecified atom stereocenters. The molecule has 1 amide bonds. The summed E-state index contributed by atoms with van der Waals surface area (Å²) in [6, 6.07) is 14.1. The van der Waals surface area contributed by atoms with Crippen molar-refractivity contribution in [3.63, 3.8) is 0 Å². The van der Waals surface area contributed by atoms with Crippen molar-refractivity contribution in [2.75, 3.05) is 5.75 Å². The molecule has 0 fully saturated rings. The molecule has 0 spiro atoms. The van der Waals surface area contributed by atoms with Gasteiger partial charge in [-0.05, 0) is 79.7 Å². The molecule has 7 nitrogen and oxygen atoms in total. The van der Waals surface area contributed by atoms with E-state index in [0.717, 1.165) is 17.0 Å². The summed E-state index contributed by atoms with van der Waals surface area (Å²) in [5, 5.41) is 22.2. The Morgan fingerprint density at radius 3 is 2.59 bits per heavy atom. The number of phenolic OH excluding ortho intramolecular Hbond substituents is 1. The average molecular weight is 431 g/mol. The molecule has 0 atom stereocenters. The lowest BCUT2D eigenvalue weighted by molar-refractivity contribution is -0.719. The van der Waals surface area contributed by atoms with Crippen molar-refractivity contribution in [3.8, 4) is 17.1 Å². The number of hydrogen-bond donors (Lipinski definition) is 3. The molecule has 0 radical (unpaired) electrons. The van der Waals surface area contributed by atoms with Gasteiger partial charge in [-0.25, -0.2) is 9.99 Å². The van der Waals surface area contributed by atoms with Gasteiger partial charge in [-0.1, -0.05) is 11.6 Å². The van der Waals surface area contributed by atoms with Gasteiger partial charge in [0.05, 0.1) is 28.7 Å². The van der Waals surface area contributed by atoms with Gasteiger partial charge in [-0.2, -0.15) is 5.10 Å². The molecule has 0 bridgehead atoms. The highest BCUT2D eigenvalue weighted by Gasteiger charge is 2.21. The number of rotatable bonds is 7. The number of hydrazone groups is 1. The number of carbonyl (C=O) groups is 1. The molecule has 0 aliphatic heterocycles. The predicted octanol–water partition coefficient (Wildman–Crippen LogP) is 3.38. The maximum atomic E-state index is 12.2. The first-order valence-corrected chi connectivity index (χ1v) is 10.3. The fraction of sp³-hybridized carbons (Fsp3) is 0.200. The Labute approximate surface area is 177 Å². The summed E-state index contributed by atoms with van der Waals surface area (Å²) in [7, 11) is 0. The Kier molecular flexibility index (Phi) is 6.90. The van der Waals surface area contributed by atoms with Crippen LogP contribution in [0.1, 0.15) is 19.4 Å². The number of aromatic hydroxyl groups is 1. The van der Waals surface area contributed by atoms with E-state index in [1.54, 1.807) is 31.2 Å². The van der Waals surface area contributed by atoms with Crippen LogP contribution in [-0.2, 0) is 11.3 Å². The van der Waals surface area contributed by atoms with Crippen molar-refractivity contribution in [3.05, 3.63) is 59.1 Å². The lowest BCUT2D eigenvalue weighted by atomic mass is 10.1. The molecule has 2 aromatic carbocycles. The number of phenols is 1. The molecular weight excluding hydrogens is 410 g/mol. The van der Waals surface area contributed by atoms with Gasteiger partial charge < -0.3 is 5.11 Å². The zero-order valence-corrected chi connectivity index (χ0v) is 17.6. The Balaban J connectivity index is 1.62. The van der Waals surface area contributed by atoms with Crippen LogP contribution >= 0.6 is 23.4 Å². The van der Waals surface area contributed by atoms with Gasteiger partial charge in [0.1, 0.15) is 5.75 Å². The predicted molar refractivity (Wildman–Crippen MR) is 114 cm³/mol. The zero-order chi connectivity index (χ0) is 20.8. The van der Waals surface area contributed by atoms with E-state index in [0.29, 0.717) is 22.4 Å². The van der Waals surface area contributed by atoms with Gasteiger partial charge in [0, 0.05) is 5.02 Å². The molecule has 3 rings (SSSR count). The highest BCUT2D eigenvalue weighted by Crippen LogP contribution is 2.19. The number of hydrogen-bond acceptors (Lipinski definition) is 5.